The fraction of sp³-hybridized carbons (Fsp3) is 0.367. The summed E-state index contributed by atoms with van der Waals surface area (Å²) in [4.78, 5) is 13.2. The lowest BCUT2D eigenvalue weighted by atomic mass is 9.86. The Labute approximate surface area is 233 Å². The normalized spacial score (nSPS) is 18.1. The van der Waals surface area contributed by atoms with E-state index in [9.17, 15) is 23.1 Å². The number of carboxylic acids is 1. The Kier molecular flexibility index (Phi) is 7.16. The van der Waals surface area contributed by atoms with Crippen molar-refractivity contribution in [2.24, 2.45) is 5.92 Å². The number of carboxylic acid groups (broad SMARTS) is 1. The van der Waals surface area contributed by atoms with Crippen molar-refractivity contribution in [1.82, 2.24) is 15.2 Å². The van der Waals surface area contributed by atoms with Gasteiger partial charge in [-0.2, -0.15) is 13.2 Å². The number of likely N-dealkylation sites (tertiary alicyclic amines) is 1. The summed E-state index contributed by atoms with van der Waals surface area (Å²) in [6.07, 6.45) is -2.72. The molecule has 4 aromatic rings. The van der Waals surface area contributed by atoms with Crippen LogP contribution >= 0.6 is 0 Å². The van der Waals surface area contributed by atoms with E-state index < -0.39 is 29.5 Å². The number of halogens is 3. The molecule has 3 heterocycles. The Morgan fingerprint density at radius 3 is 2.56 bits per heavy atom. The van der Waals surface area contributed by atoms with Gasteiger partial charge in [0.1, 0.15) is 11.3 Å². The minimum absolute atomic E-state index is 0.0611. The summed E-state index contributed by atoms with van der Waals surface area (Å²) in [6.45, 7) is 1.83. The lowest BCUT2D eigenvalue weighted by Crippen LogP contribution is -2.38. The maximum absolute atomic E-state index is 14.2. The van der Waals surface area contributed by atoms with Crippen molar-refractivity contribution >= 4 is 5.97 Å². The van der Waals surface area contributed by atoms with Crippen molar-refractivity contribution in [3.8, 4) is 34.0 Å². The summed E-state index contributed by atoms with van der Waals surface area (Å²) >= 11 is 0. The quantitative estimate of drug-likeness (QED) is 0.280. The van der Waals surface area contributed by atoms with Crippen LogP contribution in [0.1, 0.15) is 47.6 Å². The van der Waals surface area contributed by atoms with Crippen LogP contribution in [0, 0.1) is 5.92 Å². The van der Waals surface area contributed by atoms with Gasteiger partial charge in [0, 0.05) is 36.2 Å². The first-order valence-corrected chi connectivity index (χ1v) is 13.6. The molecule has 1 saturated heterocycles. The van der Waals surface area contributed by atoms with E-state index in [4.69, 9.17) is 14.2 Å². The second kappa shape index (κ2) is 10.8. The molecule has 2 aliphatic rings. The van der Waals surface area contributed by atoms with Crippen LogP contribution in [0.25, 0.3) is 34.0 Å². The lowest BCUT2D eigenvalue weighted by molar-refractivity contribution is -0.139. The lowest BCUT2D eigenvalue weighted by Gasteiger charge is -2.33. The van der Waals surface area contributed by atoms with E-state index in [1.54, 1.807) is 24.3 Å². The molecular formula is C30H28F3N3O5. The molecule has 0 saturated carbocycles. The number of aryl methyl sites for hydroxylation is 1. The minimum atomic E-state index is -4.74. The number of aliphatic hydroxyl groups is 1. The molecule has 0 spiro atoms. The molecule has 6 rings (SSSR count). The summed E-state index contributed by atoms with van der Waals surface area (Å²) in [6, 6.07) is 13.5. The standard InChI is InChI=1S/C30H28F3N3O5/c31-30(32,33)25-27(35-40-28(25)18-6-2-1-3-7-18)29-22-11-8-19-14-20(9-10-21(19)26(22)34-41-29)23(37)16-36-12-4-5-17(15-36)13-24(38)39/h1-3,6-7,9-10,14,17,23,37H,4-5,8,11-13,15-16H2,(H,38,39)/t17-,23?/m1/s1. The first-order valence-electron chi connectivity index (χ1n) is 13.6. The number of aromatic nitrogens is 2. The highest BCUT2D eigenvalue weighted by atomic mass is 19.4. The molecule has 0 radical (unpaired) electrons. The highest BCUT2D eigenvalue weighted by Crippen LogP contribution is 2.46. The third-order valence-corrected chi connectivity index (χ3v) is 7.93. The van der Waals surface area contributed by atoms with Gasteiger partial charge in [-0.25, -0.2) is 0 Å². The fourth-order valence-electron chi connectivity index (χ4n) is 6.03. The van der Waals surface area contributed by atoms with Crippen LogP contribution in [0.5, 0.6) is 0 Å². The first kappa shape index (κ1) is 27.2. The molecule has 2 atom stereocenters. The predicted octanol–water partition coefficient (Wildman–Crippen LogP) is 6.00. The van der Waals surface area contributed by atoms with Crippen LogP contribution in [-0.2, 0) is 23.8 Å². The molecule has 2 aromatic carbocycles. The number of nitrogens with zero attached hydrogens (tertiary/aromatic N) is 3. The van der Waals surface area contributed by atoms with Crippen molar-refractivity contribution in [3.63, 3.8) is 0 Å². The predicted molar refractivity (Wildman–Crippen MR) is 142 cm³/mol. The van der Waals surface area contributed by atoms with Gasteiger partial charge in [0.25, 0.3) is 0 Å². The van der Waals surface area contributed by atoms with Gasteiger partial charge in [-0.1, -0.05) is 58.8 Å². The number of aliphatic hydroxyl groups excluding tert-OH is 1. The summed E-state index contributed by atoms with van der Waals surface area (Å²) < 4.78 is 53.4. The maximum atomic E-state index is 14.2. The largest absolute Gasteiger partial charge is 0.481 e. The van der Waals surface area contributed by atoms with Crippen LogP contribution in [0.4, 0.5) is 13.2 Å². The van der Waals surface area contributed by atoms with Gasteiger partial charge in [-0.15, -0.1) is 0 Å². The average Bonchev–Trinajstić information content (AvgIpc) is 3.58. The van der Waals surface area contributed by atoms with E-state index in [2.05, 4.69) is 15.2 Å². The van der Waals surface area contributed by atoms with Crippen LogP contribution in [0.2, 0.25) is 0 Å². The second-order valence-corrected chi connectivity index (χ2v) is 10.7. The molecule has 1 aliphatic heterocycles. The van der Waals surface area contributed by atoms with E-state index in [0.717, 1.165) is 36.1 Å². The molecule has 1 fully saturated rings. The summed E-state index contributed by atoms with van der Waals surface area (Å²) in [5, 5.41) is 28.0. The van der Waals surface area contributed by atoms with E-state index in [-0.39, 0.29) is 29.4 Å². The van der Waals surface area contributed by atoms with Gasteiger partial charge in [0.15, 0.2) is 17.2 Å². The van der Waals surface area contributed by atoms with Gasteiger partial charge >= 0.3 is 12.1 Å². The van der Waals surface area contributed by atoms with Gasteiger partial charge in [0.05, 0.1) is 6.10 Å². The van der Waals surface area contributed by atoms with Crippen LogP contribution in [0.15, 0.2) is 57.6 Å². The van der Waals surface area contributed by atoms with Crippen molar-refractivity contribution in [2.45, 2.75) is 44.4 Å². The summed E-state index contributed by atoms with van der Waals surface area (Å²) in [5.74, 6) is -1.18. The van der Waals surface area contributed by atoms with Crippen LogP contribution < -0.4 is 0 Å². The maximum Gasteiger partial charge on any atom is 0.422 e. The molecule has 41 heavy (non-hydrogen) atoms. The van der Waals surface area contributed by atoms with E-state index in [1.807, 2.05) is 12.1 Å². The number of piperidine rings is 1. The Hall–Kier alpha value is -3.96. The molecule has 0 bridgehead atoms. The number of alkyl halides is 3. The van der Waals surface area contributed by atoms with E-state index >= 15 is 0 Å². The zero-order valence-electron chi connectivity index (χ0n) is 22.0. The van der Waals surface area contributed by atoms with Gasteiger partial charge in [-0.05, 0) is 49.3 Å². The smallest absolute Gasteiger partial charge is 0.422 e. The Morgan fingerprint density at radius 2 is 1.80 bits per heavy atom. The summed E-state index contributed by atoms with van der Waals surface area (Å²) in [5.41, 5.74) is 2.17. The van der Waals surface area contributed by atoms with Gasteiger partial charge in [0.2, 0.25) is 0 Å². The molecule has 2 aromatic heterocycles. The number of carbonyl (C=O) groups is 1. The monoisotopic (exact) mass is 567 g/mol. The minimum Gasteiger partial charge on any atom is -0.481 e. The third-order valence-electron chi connectivity index (χ3n) is 7.93. The zero-order valence-corrected chi connectivity index (χ0v) is 22.0. The topological polar surface area (TPSA) is 113 Å². The Bertz CT molecular complexity index is 1560. The number of aliphatic carboxylic acids is 1. The first-order chi connectivity index (χ1) is 19.7. The zero-order chi connectivity index (χ0) is 28.7. The Morgan fingerprint density at radius 1 is 1.05 bits per heavy atom. The van der Waals surface area contributed by atoms with Crippen LogP contribution in [-0.4, -0.2) is 51.0 Å². The number of hydrogen-bond acceptors (Lipinski definition) is 7. The van der Waals surface area contributed by atoms with Crippen molar-refractivity contribution in [1.29, 1.82) is 0 Å². The second-order valence-electron chi connectivity index (χ2n) is 10.7. The highest BCUT2D eigenvalue weighted by Gasteiger charge is 2.43. The molecule has 8 nitrogen and oxygen atoms in total. The Balaban J connectivity index is 1.26. The average molecular weight is 568 g/mol. The number of β-amino-alcohol motifs (C(OH)–C–C–N with tert-alkyl or cyclic N) is 1. The third kappa shape index (κ3) is 5.39. The van der Waals surface area contributed by atoms with Gasteiger partial charge < -0.3 is 24.2 Å². The number of rotatable bonds is 7. The molecule has 11 heteroatoms. The SMILES string of the molecule is O=C(O)C[C@H]1CCCN(CC(O)c2ccc3c(c2)CCc2c-3noc2-c2noc(-c3ccccc3)c2C(F)(F)F)C1. The number of fused-ring (bicyclic) bond motifs is 3. The van der Waals surface area contributed by atoms with E-state index in [0.29, 0.717) is 37.2 Å². The highest BCUT2D eigenvalue weighted by molar-refractivity contribution is 5.79. The van der Waals surface area contributed by atoms with Crippen molar-refractivity contribution in [3.05, 3.63) is 70.8 Å². The fourth-order valence-corrected chi connectivity index (χ4v) is 6.03. The van der Waals surface area contributed by atoms with Gasteiger partial charge in [-0.3, -0.25) is 4.79 Å². The van der Waals surface area contributed by atoms with Crippen molar-refractivity contribution in [2.75, 3.05) is 19.6 Å². The number of hydrogen-bond donors (Lipinski definition) is 2. The molecule has 0 amide bonds. The van der Waals surface area contributed by atoms with E-state index in [1.165, 1.54) is 12.1 Å². The molecule has 214 valence electrons. The van der Waals surface area contributed by atoms with Crippen LogP contribution in [0.3, 0.4) is 0 Å². The number of benzene rings is 2. The molecule has 1 aliphatic carbocycles. The molecule has 1 unspecified atom stereocenters. The molecular weight excluding hydrogens is 539 g/mol. The summed E-state index contributed by atoms with van der Waals surface area (Å²) in [7, 11) is 0. The molecule has 2 N–H and O–H groups in total. The van der Waals surface area contributed by atoms with Crippen molar-refractivity contribution < 1.29 is 37.2 Å².